The normalized spacial score (nSPS) is 11.2. The Balaban J connectivity index is 2.22. The van der Waals surface area contributed by atoms with E-state index in [4.69, 9.17) is 14.6 Å². The van der Waals surface area contributed by atoms with Crippen LogP contribution in [0.5, 0.6) is 11.5 Å². The molecule has 0 aliphatic heterocycles. The quantitative estimate of drug-likeness (QED) is 0.615. The van der Waals surface area contributed by atoms with E-state index in [0.29, 0.717) is 23.1 Å². The largest absolute Gasteiger partial charge is 0.493 e. The first-order valence-electron chi connectivity index (χ1n) is 7.29. The van der Waals surface area contributed by atoms with Crippen LogP contribution < -0.4 is 9.47 Å². The third kappa shape index (κ3) is 5.03. The fraction of sp³-hybridized carbons (Fsp3) is 0.222. The van der Waals surface area contributed by atoms with E-state index in [1.165, 1.54) is 11.8 Å². The summed E-state index contributed by atoms with van der Waals surface area (Å²) in [6.45, 7) is 0.157. The van der Waals surface area contributed by atoms with Crippen molar-refractivity contribution in [3.8, 4) is 11.5 Å². The van der Waals surface area contributed by atoms with Crippen molar-refractivity contribution in [2.75, 3.05) is 19.9 Å². The number of rotatable bonds is 7. The van der Waals surface area contributed by atoms with Gasteiger partial charge in [-0.1, -0.05) is 30.3 Å². The number of carboxylic acids is 1. The number of aliphatic carboxylic acids is 1. The second-order valence-corrected chi connectivity index (χ2v) is 5.65. The molecular weight excluding hydrogens is 326 g/mol. The van der Waals surface area contributed by atoms with E-state index < -0.39 is 5.97 Å². The number of nitrogens with zero attached hydrogens (tertiary/aromatic N) is 1. The van der Waals surface area contributed by atoms with Crippen molar-refractivity contribution < 1.29 is 19.4 Å². The van der Waals surface area contributed by atoms with Crippen LogP contribution >= 0.6 is 11.8 Å². The van der Waals surface area contributed by atoms with Crippen molar-refractivity contribution >= 4 is 22.8 Å². The van der Waals surface area contributed by atoms with Gasteiger partial charge in [-0.05, 0) is 30.0 Å². The van der Waals surface area contributed by atoms with E-state index >= 15 is 0 Å². The molecule has 0 saturated heterocycles. The van der Waals surface area contributed by atoms with Crippen LogP contribution in [0.1, 0.15) is 11.1 Å². The second kappa shape index (κ2) is 8.98. The standard InChI is InChI=1S/C18H19NO4S/c1-22-15-9-8-14(18(24-2)19-11-17(20)21)10-16(15)23-12-13-6-4-3-5-7-13/h3-10H,11-12H2,1-2H3,(H,20,21). The predicted molar refractivity (Wildman–Crippen MR) is 96.3 cm³/mol. The molecule has 5 nitrogen and oxygen atoms in total. The van der Waals surface area contributed by atoms with E-state index in [0.717, 1.165) is 11.1 Å². The molecule has 0 fully saturated rings. The van der Waals surface area contributed by atoms with Gasteiger partial charge in [0.15, 0.2) is 11.5 Å². The topological polar surface area (TPSA) is 68.1 Å². The number of carboxylic acid groups (broad SMARTS) is 1. The molecule has 0 aromatic heterocycles. The molecule has 0 heterocycles. The Hall–Kier alpha value is -2.47. The zero-order valence-corrected chi connectivity index (χ0v) is 14.4. The zero-order chi connectivity index (χ0) is 17.4. The van der Waals surface area contributed by atoms with E-state index in [-0.39, 0.29) is 6.54 Å². The van der Waals surface area contributed by atoms with Gasteiger partial charge in [0.2, 0.25) is 0 Å². The Bertz CT molecular complexity index is 716. The smallest absolute Gasteiger partial charge is 0.325 e. The van der Waals surface area contributed by atoms with Crippen molar-refractivity contribution in [3.05, 3.63) is 59.7 Å². The molecule has 0 radical (unpaired) electrons. The number of benzene rings is 2. The molecule has 6 heteroatoms. The summed E-state index contributed by atoms with van der Waals surface area (Å²) in [4.78, 5) is 14.8. The van der Waals surface area contributed by atoms with Gasteiger partial charge in [0.25, 0.3) is 0 Å². The average Bonchev–Trinajstić information content (AvgIpc) is 2.61. The SMILES string of the molecule is COc1ccc(C(=NCC(=O)O)SC)cc1OCc1ccccc1. The lowest BCUT2D eigenvalue weighted by Crippen LogP contribution is -2.05. The maximum Gasteiger partial charge on any atom is 0.325 e. The lowest BCUT2D eigenvalue weighted by molar-refractivity contribution is -0.135. The third-order valence-corrected chi connectivity index (χ3v) is 3.95. The Kier molecular flexibility index (Phi) is 6.69. The van der Waals surface area contributed by atoms with Crippen LogP contribution in [0.15, 0.2) is 53.5 Å². The highest BCUT2D eigenvalue weighted by molar-refractivity contribution is 8.13. The lowest BCUT2D eigenvalue weighted by Gasteiger charge is -2.13. The summed E-state index contributed by atoms with van der Waals surface area (Å²) in [5.74, 6) is 0.250. The highest BCUT2D eigenvalue weighted by atomic mass is 32.2. The fourth-order valence-electron chi connectivity index (χ4n) is 2.07. The summed E-state index contributed by atoms with van der Waals surface area (Å²) in [7, 11) is 1.58. The van der Waals surface area contributed by atoms with Crippen LogP contribution in [0.4, 0.5) is 0 Å². The number of hydrogen-bond acceptors (Lipinski definition) is 5. The van der Waals surface area contributed by atoms with Crippen LogP contribution in [0.2, 0.25) is 0 Å². The predicted octanol–water partition coefficient (Wildman–Crippen LogP) is 3.47. The van der Waals surface area contributed by atoms with Gasteiger partial charge in [0.05, 0.1) is 12.2 Å². The fourth-order valence-corrected chi connectivity index (χ4v) is 2.63. The summed E-state index contributed by atoms with van der Waals surface area (Å²) >= 11 is 1.39. The number of thioether (sulfide) groups is 1. The van der Waals surface area contributed by atoms with Crippen molar-refractivity contribution in [3.63, 3.8) is 0 Å². The highest BCUT2D eigenvalue weighted by Gasteiger charge is 2.10. The Morgan fingerprint density at radius 2 is 1.92 bits per heavy atom. The van der Waals surface area contributed by atoms with Gasteiger partial charge < -0.3 is 14.6 Å². The van der Waals surface area contributed by atoms with Crippen molar-refractivity contribution in [1.82, 2.24) is 0 Å². The molecule has 0 saturated carbocycles. The van der Waals surface area contributed by atoms with E-state index in [2.05, 4.69) is 4.99 Å². The van der Waals surface area contributed by atoms with Gasteiger partial charge in [-0.15, -0.1) is 11.8 Å². The molecule has 0 aliphatic carbocycles. The summed E-state index contributed by atoms with van der Waals surface area (Å²) < 4.78 is 11.2. The van der Waals surface area contributed by atoms with Crippen molar-refractivity contribution in [2.24, 2.45) is 4.99 Å². The van der Waals surface area contributed by atoms with Gasteiger partial charge in [0.1, 0.15) is 13.2 Å². The number of methoxy groups -OCH3 is 1. The highest BCUT2D eigenvalue weighted by Crippen LogP contribution is 2.30. The van der Waals surface area contributed by atoms with Crippen LogP contribution in [0.3, 0.4) is 0 Å². The molecule has 0 aliphatic rings. The molecule has 2 rings (SSSR count). The van der Waals surface area contributed by atoms with Gasteiger partial charge >= 0.3 is 5.97 Å². The van der Waals surface area contributed by atoms with Crippen LogP contribution in [0, 0.1) is 0 Å². The minimum absolute atomic E-state index is 0.261. The maximum atomic E-state index is 10.7. The van der Waals surface area contributed by atoms with Crippen LogP contribution in [-0.4, -0.2) is 36.0 Å². The molecule has 24 heavy (non-hydrogen) atoms. The van der Waals surface area contributed by atoms with E-state index in [1.807, 2.05) is 48.7 Å². The summed E-state index contributed by atoms with van der Waals surface area (Å²) in [6.07, 6.45) is 1.86. The molecule has 0 amide bonds. The zero-order valence-electron chi connectivity index (χ0n) is 13.6. The summed E-state index contributed by atoms with van der Waals surface area (Å²) in [6, 6.07) is 15.3. The first kappa shape index (κ1) is 17.9. The van der Waals surface area contributed by atoms with Crippen molar-refractivity contribution in [1.29, 1.82) is 0 Å². The molecule has 0 bridgehead atoms. The number of aliphatic imine (C=N–C) groups is 1. The Morgan fingerprint density at radius 3 is 2.54 bits per heavy atom. The maximum absolute atomic E-state index is 10.7. The first-order valence-corrected chi connectivity index (χ1v) is 8.52. The Morgan fingerprint density at radius 1 is 1.17 bits per heavy atom. The van der Waals surface area contributed by atoms with E-state index in [1.54, 1.807) is 13.2 Å². The monoisotopic (exact) mass is 345 g/mol. The number of hydrogen-bond donors (Lipinski definition) is 1. The molecule has 0 atom stereocenters. The molecular formula is C18H19NO4S. The minimum Gasteiger partial charge on any atom is -0.493 e. The molecule has 0 unspecified atom stereocenters. The first-order chi connectivity index (χ1) is 11.6. The van der Waals surface area contributed by atoms with Gasteiger partial charge in [-0.3, -0.25) is 9.79 Å². The molecule has 1 N–H and O–H groups in total. The number of ether oxygens (including phenoxy) is 2. The summed E-state index contributed by atoms with van der Waals surface area (Å²) in [5, 5.41) is 9.43. The van der Waals surface area contributed by atoms with Crippen LogP contribution in [0.25, 0.3) is 0 Å². The summed E-state index contributed by atoms with van der Waals surface area (Å²) in [5.41, 5.74) is 1.85. The lowest BCUT2D eigenvalue weighted by atomic mass is 10.2. The molecule has 126 valence electrons. The minimum atomic E-state index is -0.962. The van der Waals surface area contributed by atoms with Gasteiger partial charge in [-0.2, -0.15) is 0 Å². The van der Waals surface area contributed by atoms with Crippen molar-refractivity contribution in [2.45, 2.75) is 6.61 Å². The average molecular weight is 345 g/mol. The molecule has 0 spiro atoms. The van der Waals surface area contributed by atoms with Gasteiger partial charge in [-0.25, -0.2) is 0 Å². The third-order valence-electron chi connectivity index (χ3n) is 3.20. The van der Waals surface area contributed by atoms with Crippen LogP contribution in [-0.2, 0) is 11.4 Å². The Labute approximate surface area is 145 Å². The van der Waals surface area contributed by atoms with E-state index in [9.17, 15) is 4.79 Å². The van der Waals surface area contributed by atoms with Gasteiger partial charge in [0, 0.05) is 5.56 Å². The second-order valence-electron chi connectivity index (χ2n) is 4.86. The molecule has 2 aromatic rings. The number of carbonyl (C=O) groups is 1. The molecule has 2 aromatic carbocycles.